The molecular weight excluding hydrogens is 570 g/mol. The highest BCUT2D eigenvalue weighted by molar-refractivity contribution is 6.38. The predicted molar refractivity (Wildman–Crippen MR) is 173 cm³/mol. The van der Waals surface area contributed by atoms with Gasteiger partial charge >= 0.3 is 11.9 Å². The molecule has 9 nitrogen and oxygen atoms in total. The zero-order valence-corrected chi connectivity index (χ0v) is 24.3. The van der Waals surface area contributed by atoms with Crippen LogP contribution in [0.2, 0.25) is 0 Å². The van der Waals surface area contributed by atoms with E-state index in [-0.39, 0.29) is 11.1 Å². The number of aliphatic imine (C=N–C) groups is 2. The number of carboxylic acids is 2. The van der Waals surface area contributed by atoms with Crippen LogP contribution in [0.3, 0.4) is 0 Å². The molecular formula is C36H27N3O6. The van der Waals surface area contributed by atoms with Crippen LogP contribution in [0.15, 0.2) is 119 Å². The molecule has 0 spiro atoms. The van der Waals surface area contributed by atoms with E-state index in [1.807, 2.05) is 60.7 Å². The molecule has 0 atom stereocenters. The Kier molecular flexibility index (Phi) is 7.82. The zero-order chi connectivity index (χ0) is 31.5. The highest BCUT2D eigenvalue weighted by atomic mass is 16.5. The van der Waals surface area contributed by atoms with Crippen molar-refractivity contribution in [2.24, 2.45) is 9.98 Å². The number of hydrogen-bond acceptors (Lipinski definition) is 5. The first-order chi connectivity index (χ1) is 21.8. The van der Waals surface area contributed by atoms with E-state index in [0.29, 0.717) is 22.9 Å². The van der Waals surface area contributed by atoms with Crippen molar-refractivity contribution in [2.75, 3.05) is 14.2 Å². The van der Waals surface area contributed by atoms with Gasteiger partial charge in [0.1, 0.15) is 17.3 Å². The molecule has 0 radical (unpaired) electrons. The number of ether oxygens (including phenoxy) is 2. The van der Waals surface area contributed by atoms with Crippen molar-refractivity contribution in [3.05, 3.63) is 131 Å². The molecule has 3 N–H and O–H groups in total. The van der Waals surface area contributed by atoms with Gasteiger partial charge in [0.2, 0.25) is 0 Å². The largest absolute Gasteiger partial charge is 0.497 e. The van der Waals surface area contributed by atoms with Crippen LogP contribution in [0.1, 0.15) is 31.8 Å². The molecule has 0 bridgehead atoms. The van der Waals surface area contributed by atoms with Gasteiger partial charge in [-0.15, -0.1) is 0 Å². The summed E-state index contributed by atoms with van der Waals surface area (Å²) < 4.78 is 10.6. The molecule has 0 saturated heterocycles. The lowest BCUT2D eigenvalue weighted by molar-refractivity contribution is 0.0686. The van der Waals surface area contributed by atoms with E-state index in [4.69, 9.17) is 19.5 Å². The second-order valence-corrected chi connectivity index (χ2v) is 10.2. The number of carboxylic acid groups (broad SMARTS) is 2. The SMILES string of the molecule is COc1ccc(C2=N/C(=N\c3[nH]c(-c4ccc(OC)cc4)cc3-c3ccc(C(=O)O)cc3)C(c3ccc(C(=O)O)cc3)=C2)cc1. The summed E-state index contributed by atoms with van der Waals surface area (Å²) in [5.41, 5.74) is 6.57. The highest BCUT2D eigenvalue weighted by Crippen LogP contribution is 2.37. The van der Waals surface area contributed by atoms with E-state index in [9.17, 15) is 19.8 Å². The number of H-pyrrole nitrogens is 1. The number of rotatable bonds is 9. The van der Waals surface area contributed by atoms with Crippen molar-refractivity contribution in [1.29, 1.82) is 0 Å². The van der Waals surface area contributed by atoms with Crippen molar-refractivity contribution in [3.8, 4) is 33.9 Å². The maximum atomic E-state index is 11.5. The summed E-state index contributed by atoms with van der Waals surface area (Å²) in [6.07, 6.45) is 1.92. The van der Waals surface area contributed by atoms with E-state index >= 15 is 0 Å². The Morgan fingerprint density at radius 1 is 0.667 bits per heavy atom. The number of hydrogen-bond donors (Lipinski definition) is 3. The second kappa shape index (κ2) is 12.2. The maximum Gasteiger partial charge on any atom is 0.335 e. The average molecular weight is 598 g/mol. The third-order valence-electron chi connectivity index (χ3n) is 7.44. The van der Waals surface area contributed by atoms with E-state index in [1.165, 1.54) is 0 Å². The molecule has 222 valence electrons. The Labute approximate surface area is 258 Å². The first-order valence-electron chi connectivity index (χ1n) is 13.9. The molecule has 1 aliphatic heterocycles. The van der Waals surface area contributed by atoms with Gasteiger partial charge in [0.15, 0.2) is 5.84 Å². The highest BCUT2D eigenvalue weighted by Gasteiger charge is 2.22. The molecule has 1 aliphatic rings. The van der Waals surface area contributed by atoms with Crippen LogP contribution in [0.5, 0.6) is 11.5 Å². The lowest BCUT2D eigenvalue weighted by atomic mass is 10.0. The average Bonchev–Trinajstić information content (AvgIpc) is 3.70. The van der Waals surface area contributed by atoms with E-state index in [0.717, 1.165) is 45.0 Å². The Morgan fingerprint density at radius 3 is 1.67 bits per heavy atom. The number of nitrogens with zero attached hydrogens (tertiary/aromatic N) is 2. The molecule has 45 heavy (non-hydrogen) atoms. The van der Waals surface area contributed by atoms with Crippen molar-refractivity contribution in [1.82, 2.24) is 4.98 Å². The second-order valence-electron chi connectivity index (χ2n) is 10.2. The summed E-state index contributed by atoms with van der Waals surface area (Å²) in [6, 6.07) is 30.3. The summed E-state index contributed by atoms with van der Waals surface area (Å²) in [5.74, 6) is 0.371. The van der Waals surface area contributed by atoms with E-state index < -0.39 is 11.9 Å². The van der Waals surface area contributed by atoms with Gasteiger partial charge in [0.05, 0.1) is 31.1 Å². The fourth-order valence-electron chi connectivity index (χ4n) is 4.98. The topological polar surface area (TPSA) is 134 Å². The fraction of sp³-hybridized carbons (Fsp3) is 0.0556. The number of methoxy groups -OCH3 is 2. The quantitative estimate of drug-likeness (QED) is 0.162. The van der Waals surface area contributed by atoms with Crippen LogP contribution in [0, 0.1) is 0 Å². The summed E-state index contributed by atoms with van der Waals surface area (Å²) >= 11 is 0. The van der Waals surface area contributed by atoms with Gasteiger partial charge in [-0.25, -0.2) is 19.6 Å². The van der Waals surface area contributed by atoms with Crippen LogP contribution in [-0.4, -0.2) is 52.9 Å². The van der Waals surface area contributed by atoms with Gasteiger partial charge in [-0.05, 0) is 102 Å². The van der Waals surface area contributed by atoms with E-state index in [1.54, 1.807) is 62.8 Å². The summed E-state index contributed by atoms with van der Waals surface area (Å²) in [7, 11) is 3.22. The third-order valence-corrected chi connectivity index (χ3v) is 7.44. The van der Waals surface area contributed by atoms with Crippen molar-refractivity contribution >= 4 is 34.9 Å². The normalized spacial score (nSPS) is 13.3. The van der Waals surface area contributed by atoms with Crippen molar-refractivity contribution in [2.45, 2.75) is 0 Å². The zero-order valence-electron chi connectivity index (χ0n) is 24.3. The van der Waals surface area contributed by atoms with Gasteiger partial charge in [-0.2, -0.15) is 0 Å². The summed E-state index contributed by atoms with van der Waals surface area (Å²) in [6.45, 7) is 0. The third kappa shape index (κ3) is 6.00. The number of nitrogens with one attached hydrogen (secondary N) is 1. The van der Waals surface area contributed by atoms with Crippen molar-refractivity contribution in [3.63, 3.8) is 0 Å². The number of benzene rings is 4. The smallest absolute Gasteiger partial charge is 0.335 e. The molecule has 4 aromatic carbocycles. The number of amidine groups is 1. The molecule has 9 heteroatoms. The van der Waals surface area contributed by atoms with E-state index in [2.05, 4.69) is 4.98 Å². The van der Waals surface area contributed by atoms with Crippen LogP contribution in [-0.2, 0) is 0 Å². The fourth-order valence-corrected chi connectivity index (χ4v) is 4.98. The van der Waals surface area contributed by atoms with Gasteiger partial charge in [0, 0.05) is 22.4 Å². The standard InChI is InChI=1S/C36H27N3O6/c1-44-27-15-11-23(12-16-27)31-19-29(21-3-7-25(8-4-21)35(40)41)33(37-31)39-34-30(22-5-9-26(10-6-22)36(42)43)20-32(38-34)24-13-17-28(45-2)18-14-24/h3-20,37H,1-2H3,(H,40,41)(H,42,43)/b39-34-. The Bertz CT molecular complexity index is 1980. The number of aromatic nitrogens is 1. The first kappa shape index (κ1) is 28.9. The van der Waals surface area contributed by atoms with Crippen LogP contribution in [0.4, 0.5) is 5.82 Å². The molecule has 0 unspecified atom stereocenters. The minimum Gasteiger partial charge on any atom is -0.497 e. The minimum absolute atomic E-state index is 0.174. The van der Waals surface area contributed by atoms with Gasteiger partial charge in [-0.1, -0.05) is 24.3 Å². The van der Waals surface area contributed by atoms with Crippen LogP contribution >= 0.6 is 0 Å². The molecule has 0 aliphatic carbocycles. The molecule has 0 fully saturated rings. The molecule has 0 amide bonds. The number of aromatic carboxylic acids is 2. The lowest BCUT2D eigenvalue weighted by Crippen LogP contribution is -1.99. The van der Waals surface area contributed by atoms with Crippen LogP contribution in [0.25, 0.3) is 28.0 Å². The van der Waals surface area contributed by atoms with Crippen molar-refractivity contribution < 1.29 is 29.3 Å². The predicted octanol–water partition coefficient (Wildman–Crippen LogP) is 7.38. The Hall–Kier alpha value is -6.22. The molecule has 2 heterocycles. The monoisotopic (exact) mass is 597 g/mol. The summed E-state index contributed by atoms with van der Waals surface area (Å²) in [5, 5.41) is 18.8. The molecule has 0 saturated carbocycles. The van der Waals surface area contributed by atoms with Crippen LogP contribution < -0.4 is 9.47 Å². The maximum absolute atomic E-state index is 11.5. The van der Waals surface area contributed by atoms with Gasteiger partial charge in [-0.3, -0.25) is 0 Å². The first-order valence-corrected chi connectivity index (χ1v) is 13.9. The molecule has 6 rings (SSSR count). The Balaban J connectivity index is 1.50. The molecule has 1 aromatic heterocycles. The number of allylic oxidation sites excluding steroid dienone is 1. The minimum atomic E-state index is -1.01. The molecule has 5 aromatic rings. The lowest BCUT2D eigenvalue weighted by Gasteiger charge is -2.06. The number of aromatic amines is 1. The van der Waals surface area contributed by atoms with Gasteiger partial charge in [0.25, 0.3) is 0 Å². The summed E-state index contributed by atoms with van der Waals surface area (Å²) in [4.78, 5) is 36.4. The van der Waals surface area contributed by atoms with Gasteiger partial charge < -0.3 is 24.7 Å². The Morgan fingerprint density at radius 2 is 1.16 bits per heavy atom. The number of carbonyl (C=O) groups is 2.